The van der Waals surface area contributed by atoms with E-state index < -0.39 is 50.4 Å². The molecule has 3 unspecified atom stereocenters. The molecule has 0 bridgehead atoms. The van der Waals surface area contributed by atoms with E-state index in [0.29, 0.717) is 15.6 Å². The second-order valence-electron chi connectivity index (χ2n) is 10.5. The highest BCUT2D eigenvalue weighted by molar-refractivity contribution is 8.00. The number of imide groups is 1. The van der Waals surface area contributed by atoms with E-state index >= 15 is 0 Å². The summed E-state index contributed by atoms with van der Waals surface area (Å²) in [6.07, 6.45) is 0. The topological polar surface area (TPSA) is 135 Å². The molecule has 0 spiro atoms. The van der Waals surface area contributed by atoms with E-state index in [0.717, 1.165) is 39.2 Å². The van der Waals surface area contributed by atoms with Crippen LogP contribution in [0.5, 0.6) is 0 Å². The summed E-state index contributed by atoms with van der Waals surface area (Å²) in [4.78, 5) is 67.9. The summed E-state index contributed by atoms with van der Waals surface area (Å²) in [5, 5.41) is 13.3. The molecule has 1 saturated heterocycles. The molecular weight excluding hydrogens is 609 g/mol. The van der Waals surface area contributed by atoms with Crippen molar-refractivity contribution in [3.05, 3.63) is 109 Å². The predicted molar refractivity (Wildman–Crippen MR) is 165 cm³/mol. The molecular formula is C30H24FN5O6S2. The van der Waals surface area contributed by atoms with Gasteiger partial charge in [-0.1, -0.05) is 35.2 Å². The number of benzene rings is 3. The molecule has 3 atom stereocenters. The van der Waals surface area contributed by atoms with E-state index in [9.17, 15) is 33.7 Å². The van der Waals surface area contributed by atoms with Crippen LogP contribution < -0.4 is 20.0 Å². The molecule has 11 nitrogen and oxygen atoms in total. The zero-order chi connectivity index (χ0) is 31.3. The Morgan fingerprint density at radius 3 is 2.25 bits per heavy atom. The van der Waals surface area contributed by atoms with Crippen molar-refractivity contribution in [1.29, 1.82) is 0 Å². The minimum absolute atomic E-state index is 0.177. The lowest BCUT2D eigenvalue weighted by atomic mass is 9.83. The van der Waals surface area contributed by atoms with Crippen molar-refractivity contribution >= 4 is 63.6 Å². The third kappa shape index (κ3) is 5.15. The van der Waals surface area contributed by atoms with Gasteiger partial charge in [0.25, 0.3) is 5.69 Å². The zero-order valence-corrected chi connectivity index (χ0v) is 24.9. The van der Waals surface area contributed by atoms with Gasteiger partial charge >= 0.3 is 4.87 Å². The fourth-order valence-corrected chi connectivity index (χ4v) is 8.22. The molecule has 3 heterocycles. The van der Waals surface area contributed by atoms with E-state index in [4.69, 9.17) is 0 Å². The van der Waals surface area contributed by atoms with Gasteiger partial charge in [0.15, 0.2) is 0 Å². The first-order valence-electron chi connectivity index (χ1n) is 13.4. The molecule has 3 aromatic carbocycles. The number of halogens is 1. The van der Waals surface area contributed by atoms with Crippen molar-refractivity contribution in [2.24, 2.45) is 5.92 Å². The molecule has 1 fully saturated rings. The lowest BCUT2D eigenvalue weighted by Crippen LogP contribution is -2.33. The number of thiazole rings is 1. The maximum absolute atomic E-state index is 14.0. The van der Waals surface area contributed by atoms with Crippen LogP contribution >= 0.6 is 23.1 Å². The van der Waals surface area contributed by atoms with Gasteiger partial charge in [-0.25, -0.2) is 9.29 Å². The average molecular weight is 634 g/mol. The third-order valence-corrected chi connectivity index (χ3v) is 10.2. The summed E-state index contributed by atoms with van der Waals surface area (Å²) in [6.45, 7) is -0.354. The van der Waals surface area contributed by atoms with E-state index in [1.54, 1.807) is 0 Å². The fraction of sp³-hybridized carbons (Fsp3) is 0.200. The quantitative estimate of drug-likeness (QED) is 0.179. The number of nitrogens with one attached hydrogen (secondary N) is 1. The number of hydrogen-bond acceptors (Lipinski definition) is 9. The molecule has 0 saturated carbocycles. The van der Waals surface area contributed by atoms with Crippen molar-refractivity contribution in [2.45, 2.75) is 22.7 Å². The number of nitro groups is 1. The van der Waals surface area contributed by atoms with Gasteiger partial charge in [-0.2, -0.15) is 0 Å². The standard InChI is InChI=1S/C30H24FN5O6S2/c1-33(2)19-9-3-16(4-10-19)23-24-25(28(39)35(27(24)38)20-11-13-21(14-12-20)36(41)42)43-29-26(23)44-30(40)34(29)15-22(37)32-18-7-5-17(31)6-8-18/h3-14,23-25H,15H2,1-2H3,(H,32,37). The Bertz CT molecular complexity index is 1850. The lowest BCUT2D eigenvalue weighted by molar-refractivity contribution is -0.384. The summed E-state index contributed by atoms with van der Waals surface area (Å²) in [5.41, 5.74) is 2.03. The monoisotopic (exact) mass is 633 g/mol. The first-order valence-corrected chi connectivity index (χ1v) is 15.1. The number of carbonyl (C=O) groups excluding carboxylic acids is 3. The molecule has 0 radical (unpaired) electrons. The smallest absolute Gasteiger partial charge is 0.308 e. The van der Waals surface area contributed by atoms with Crippen molar-refractivity contribution in [1.82, 2.24) is 4.57 Å². The number of fused-ring (bicyclic) bond motifs is 2. The number of hydrogen-bond donors (Lipinski definition) is 1. The summed E-state index contributed by atoms with van der Waals surface area (Å²) < 4.78 is 14.6. The van der Waals surface area contributed by atoms with Crippen LogP contribution in [0.2, 0.25) is 0 Å². The zero-order valence-electron chi connectivity index (χ0n) is 23.3. The lowest BCUT2D eigenvalue weighted by Gasteiger charge is -2.31. The van der Waals surface area contributed by atoms with Crippen molar-refractivity contribution in [3.63, 3.8) is 0 Å². The molecule has 4 aromatic rings. The number of amides is 3. The second kappa shape index (κ2) is 11.4. The molecule has 44 heavy (non-hydrogen) atoms. The first kappa shape index (κ1) is 29.3. The molecule has 1 N–H and O–H groups in total. The van der Waals surface area contributed by atoms with Gasteiger partial charge in [0.05, 0.1) is 21.6 Å². The highest BCUT2D eigenvalue weighted by Crippen LogP contribution is 2.54. The summed E-state index contributed by atoms with van der Waals surface area (Å²) in [7, 11) is 3.79. The molecule has 0 aliphatic carbocycles. The second-order valence-corrected chi connectivity index (χ2v) is 12.6. The summed E-state index contributed by atoms with van der Waals surface area (Å²) in [6, 6.07) is 17.9. The van der Waals surface area contributed by atoms with E-state index in [1.165, 1.54) is 53.1 Å². The van der Waals surface area contributed by atoms with Crippen molar-refractivity contribution in [2.75, 3.05) is 29.2 Å². The van der Waals surface area contributed by atoms with Crippen LogP contribution in [0.1, 0.15) is 16.4 Å². The molecule has 2 aliphatic rings. The Morgan fingerprint density at radius 1 is 0.977 bits per heavy atom. The molecule has 6 rings (SSSR count). The number of nitrogens with zero attached hydrogens (tertiary/aromatic N) is 4. The largest absolute Gasteiger partial charge is 0.378 e. The van der Waals surface area contributed by atoms with Gasteiger partial charge in [-0.05, 0) is 54.1 Å². The molecule has 14 heteroatoms. The van der Waals surface area contributed by atoms with Crippen LogP contribution in [0.25, 0.3) is 0 Å². The van der Waals surface area contributed by atoms with Crippen LogP contribution in [0.15, 0.2) is 82.6 Å². The SMILES string of the molecule is CN(C)c1ccc(C2c3sc(=O)n(CC(=O)Nc4ccc(F)cc4)c3SC3C(=O)N(c4ccc([N+](=O)[O-])cc4)C(=O)C32)cc1. The molecule has 224 valence electrons. The summed E-state index contributed by atoms with van der Waals surface area (Å²) in [5.74, 6) is -3.49. The van der Waals surface area contributed by atoms with Crippen LogP contribution in [-0.4, -0.2) is 46.6 Å². The first-order chi connectivity index (χ1) is 21.0. The number of carbonyl (C=O) groups is 3. The Hall–Kier alpha value is -4.82. The number of thioether (sulfide) groups is 1. The minimum atomic E-state index is -0.913. The maximum atomic E-state index is 14.0. The van der Waals surface area contributed by atoms with Gasteiger partial charge in [0, 0.05) is 48.4 Å². The maximum Gasteiger partial charge on any atom is 0.308 e. The molecule has 3 amide bonds. The van der Waals surface area contributed by atoms with Gasteiger partial charge in [0.2, 0.25) is 17.7 Å². The van der Waals surface area contributed by atoms with Crippen LogP contribution in [-0.2, 0) is 20.9 Å². The average Bonchev–Trinajstić information content (AvgIpc) is 3.44. The Kier molecular flexibility index (Phi) is 7.55. The van der Waals surface area contributed by atoms with E-state index in [1.807, 2.05) is 43.3 Å². The van der Waals surface area contributed by atoms with Gasteiger partial charge in [-0.3, -0.25) is 33.9 Å². The number of non-ortho nitro benzene ring substituents is 1. The minimum Gasteiger partial charge on any atom is -0.378 e. The van der Waals surface area contributed by atoms with Crippen LogP contribution in [0.3, 0.4) is 0 Å². The molecule has 2 aliphatic heterocycles. The number of rotatable bonds is 7. The Morgan fingerprint density at radius 2 is 1.64 bits per heavy atom. The van der Waals surface area contributed by atoms with E-state index in [-0.39, 0.29) is 17.9 Å². The fourth-order valence-electron chi connectivity index (χ4n) is 5.45. The highest BCUT2D eigenvalue weighted by atomic mass is 32.2. The van der Waals surface area contributed by atoms with Crippen LogP contribution in [0, 0.1) is 21.8 Å². The van der Waals surface area contributed by atoms with Crippen molar-refractivity contribution in [3.8, 4) is 0 Å². The number of nitro benzene ring substituents is 1. The van der Waals surface area contributed by atoms with Gasteiger partial charge < -0.3 is 10.2 Å². The van der Waals surface area contributed by atoms with Crippen LogP contribution in [0.4, 0.5) is 27.1 Å². The summed E-state index contributed by atoms with van der Waals surface area (Å²) >= 11 is 1.99. The van der Waals surface area contributed by atoms with Gasteiger partial charge in [-0.15, -0.1) is 0 Å². The number of aromatic nitrogens is 1. The highest BCUT2D eigenvalue weighted by Gasteiger charge is 2.56. The van der Waals surface area contributed by atoms with E-state index in [2.05, 4.69) is 5.32 Å². The third-order valence-electron chi connectivity index (χ3n) is 7.57. The van der Waals surface area contributed by atoms with Gasteiger partial charge in [0.1, 0.15) is 17.6 Å². The Labute approximate surface area is 258 Å². The number of anilines is 3. The normalized spacial score (nSPS) is 19.0. The van der Waals surface area contributed by atoms with Crippen molar-refractivity contribution < 1.29 is 23.7 Å². The Balaban J connectivity index is 1.40. The predicted octanol–water partition coefficient (Wildman–Crippen LogP) is 4.46. The molecule has 1 aromatic heterocycles.